The summed E-state index contributed by atoms with van der Waals surface area (Å²) in [6.07, 6.45) is 0.0539. The van der Waals surface area contributed by atoms with Crippen LogP contribution in [0, 0.1) is 0 Å². The number of ether oxygens (including phenoxy) is 1. The van der Waals surface area contributed by atoms with Gasteiger partial charge < -0.3 is 10.1 Å². The van der Waals surface area contributed by atoms with E-state index in [1.54, 1.807) is 19.1 Å². The number of carbonyl (C=O) groups is 2. The number of amides is 1. The van der Waals surface area contributed by atoms with Crippen molar-refractivity contribution in [2.45, 2.75) is 32.3 Å². The summed E-state index contributed by atoms with van der Waals surface area (Å²) in [5.74, 6) is -0.612. The Balaban J connectivity index is 1.86. The zero-order valence-electron chi connectivity index (χ0n) is 13.6. The molecule has 2 aromatic rings. The number of carbonyl (C=O) groups excluding carboxylic acids is 2. The predicted octanol–water partition coefficient (Wildman–Crippen LogP) is 4.26. The molecule has 0 aliphatic carbocycles. The second-order valence-corrected chi connectivity index (χ2v) is 7.13. The van der Waals surface area contributed by atoms with Gasteiger partial charge in [-0.1, -0.05) is 48.9 Å². The minimum Gasteiger partial charge on any atom is -0.448 e. The van der Waals surface area contributed by atoms with E-state index in [9.17, 15) is 9.59 Å². The molecule has 0 bridgehead atoms. The average molecular weight is 366 g/mol. The van der Waals surface area contributed by atoms with Crippen molar-refractivity contribution in [3.05, 3.63) is 57.2 Å². The standard InChI is InChI=1S/C18H20ClNO3S/c1-3-13(14-7-5-4-6-8-14)11-20-17(21)12(2)23-18(22)15-9-10-16(19)24-15/h4-10,12-13H,3,11H2,1-2H3,(H,20,21)/t12-,13+/m1/s1. The minimum atomic E-state index is -0.855. The van der Waals surface area contributed by atoms with Crippen LogP contribution in [0.25, 0.3) is 0 Å². The van der Waals surface area contributed by atoms with Crippen molar-refractivity contribution < 1.29 is 14.3 Å². The Bertz CT molecular complexity index is 687. The Morgan fingerprint density at radius 3 is 2.50 bits per heavy atom. The first-order valence-corrected chi connectivity index (χ1v) is 8.99. The Kier molecular flexibility index (Phi) is 6.82. The Labute approximate surface area is 150 Å². The van der Waals surface area contributed by atoms with Crippen molar-refractivity contribution in [1.29, 1.82) is 0 Å². The van der Waals surface area contributed by atoms with E-state index in [-0.39, 0.29) is 11.8 Å². The summed E-state index contributed by atoms with van der Waals surface area (Å²) < 4.78 is 5.69. The molecule has 0 saturated carbocycles. The van der Waals surface area contributed by atoms with Crippen LogP contribution in [-0.4, -0.2) is 24.5 Å². The molecule has 0 unspecified atom stereocenters. The Hall–Kier alpha value is -1.85. The van der Waals surface area contributed by atoms with Gasteiger partial charge in [-0.15, -0.1) is 11.3 Å². The van der Waals surface area contributed by atoms with E-state index >= 15 is 0 Å². The van der Waals surface area contributed by atoms with Crippen molar-refractivity contribution in [2.24, 2.45) is 0 Å². The molecule has 6 heteroatoms. The van der Waals surface area contributed by atoms with Crippen molar-refractivity contribution in [3.8, 4) is 0 Å². The van der Waals surface area contributed by atoms with Crippen molar-refractivity contribution in [1.82, 2.24) is 5.32 Å². The first-order chi connectivity index (χ1) is 11.5. The number of rotatable bonds is 7. The first kappa shape index (κ1) is 18.5. The van der Waals surface area contributed by atoms with Gasteiger partial charge >= 0.3 is 5.97 Å². The van der Waals surface area contributed by atoms with Gasteiger partial charge in [0, 0.05) is 12.5 Å². The van der Waals surface area contributed by atoms with Crippen LogP contribution in [0.4, 0.5) is 0 Å². The maximum atomic E-state index is 12.2. The molecule has 1 amide bonds. The SMILES string of the molecule is CC[C@@H](CNC(=O)[C@@H](C)OC(=O)c1ccc(Cl)s1)c1ccccc1. The molecule has 1 aromatic carbocycles. The molecule has 1 aromatic heterocycles. The number of halogens is 1. The van der Waals surface area contributed by atoms with Gasteiger partial charge in [-0.2, -0.15) is 0 Å². The highest BCUT2D eigenvalue weighted by Crippen LogP contribution is 2.22. The van der Waals surface area contributed by atoms with Crippen LogP contribution < -0.4 is 5.32 Å². The van der Waals surface area contributed by atoms with E-state index in [1.807, 2.05) is 30.3 Å². The number of hydrogen-bond acceptors (Lipinski definition) is 4. The van der Waals surface area contributed by atoms with Gasteiger partial charge in [0.2, 0.25) is 0 Å². The molecular weight excluding hydrogens is 346 g/mol. The molecule has 128 valence electrons. The Morgan fingerprint density at radius 2 is 1.92 bits per heavy atom. The summed E-state index contributed by atoms with van der Waals surface area (Å²) in [5, 5.41) is 2.86. The third-order valence-electron chi connectivity index (χ3n) is 3.71. The van der Waals surface area contributed by atoms with E-state index < -0.39 is 12.1 Å². The summed E-state index contributed by atoms with van der Waals surface area (Å²) in [4.78, 5) is 24.5. The Morgan fingerprint density at radius 1 is 1.21 bits per heavy atom. The second kappa shape index (κ2) is 8.85. The van der Waals surface area contributed by atoms with Gasteiger partial charge in [0.1, 0.15) is 4.88 Å². The third kappa shape index (κ3) is 5.08. The molecule has 1 heterocycles. The molecule has 2 atom stereocenters. The summed E-state index contributed by atoms with van der Waals surface area (Å²) >= 11 is 6.92. The van der Waals surface area contributed by atoms with Crippen LogP contribution in [-0.2, 0) is 9.53 Å². The number of esters is 1. The zero-order chi connectivity index (χ0) is 17.5. The van der Waals surface area contributed by atoms with E-state index in [1.165, 1.54) is 5.56 Å². The van der Waals surface area contributed by atoms with Crippen molar-refractivity contribution >= 4 is 34.8 Å². The van der Waals surface area contributed by atoms with Crippen LogP contribution in [0.15, 0.2) is 42.5 Å². The fourth-order valence-corrected chi connectivity index (χ4v) is 3.21. The van der Waals surface area contributed by atoms with Gasteiger partial charge in [0.05, 0.1) is 4.34 Å². The highest BCUT2D eigenvalue weighted by atomic mass is 35.5. The monoisotopic (exact) mass is 365 g/mol. The van der Waals surface area contributed by atoms with Crippen molar-refractivity contribution in [2.75, 3.05) is 6.54 Å². The molecular formula is C18H20ClNO3S. The van der Waals surface area contributed by atoms with Gasteiger partial charge in [-0.25, -0.2) is 4.79 Å². The average Bonchev–Trinajstić information content (AvgIpc) is 3.02. The van der Waals surface area contributed by atoms with E-state index in [2.05, 4.69) is 12.2 Å². The van der Waals surface area contributed by atoms with Gasteiger partial charge in [-0.3, -0.25) is 4.79 Å². The van der Waals surface area contributed by atoms with Gasteiger partial charge in [-0.05, 0) is 31.0 Å². The lowest BCUT2D eigenvalue weighted by Gasteiger charge is -2.18. The van der Waals surface area contributed by atoms with Crippen molar-refractivity contribution in [3.63, 3.8) is 0 Å². The summed E-state index contributed by atoms with van der Waals surface area (Å²) in [6, 6.07) is 13.2. The van der Waals surface area contributed by atoms with Crippen LogP contribution in [0.5, 0.6) is 0 Å². The third-order valence-corrected chi connectivity index (χ3v) is 4.93. The maximum Gasteiger partial charge on any atom is 0.349 e. The molecule has 0 spiro atoms. The molecule has 2 rings (SSSR count). The lowest BCUT2D eigenvalue weighted by Crippen LogP contribution is -2.37. The molecule has 1 N–H and O–H groups in total. The lowest BCUT2D eigenvalue weighted by molar-refractivity contribution is -0.129. The largest absolute Gasteiger partial charge is 0.448 e. The molecule has 0 saturated heterocycles. The second-order valence-electron chi connectivity index (χ2n) is 5.41. The smallest absolute Gasteiger partial charge is 0.349 e. The van der Waals surface area contributed by atoms with E-state index in [0.29, 0.717) is 15.8 Å². The van der Waals surface area contributed by atoms with Gasteiger partial charge in [0.15, 0.2) is 6.10 Å². The molecule has 4 nitrogen and oxygen atoms in total. The van der Waals surface area contributed by atoms with Crippen LogP contribution in [0.3, 0.4) is 0 Å². The topological polar surface area (TPSA) is 55.4 Å². The van der Waals surface area contributed by atoms with Crippen LogP contribution in [0.2, 0.25) is 4.34 Å². The zero-order valence-corrected chi connectivity index (χ0v) is 15.2. The van der Waals surface area contributed by atoms with Crippen LogP contribution in [0.1, 0.15) is 41.4 Å². The molecule has 0 aliphatic heterocycles. The number of benzene rings is 1. The number of thiophene rings is 1. The first-order valence-electron chi connectivity index (χ1n) is 7.80. The highest BCUT2D eigenvalue weighted by molar-refractivity contribution is 7.17. The maximum absolute atomic E-state index is 12.2. The van der Waals surface area contributed by atoms with Crippen LogP contribution >= 0.6 is 22.9 Å². The molecule has 24 heavy (non-hydrogen) atoms. The predicted molar refractivity (Wildman–Crippen MR) is 96.7 cm³/mol. The molecule has 0 fully saturated rings. The molecule has 0 radical (unpaired) electrons. The van der Waals surface area contributed by atoms with E-state index in [0.717, 1.165) is 17.8 Å². The quantitative estimate of drug-likeness (QED) is 0.746. The minimum absolute atomic E-state index is 0.231. The highest BCUT2D eigenvalue weighted by Gasteiger charge is 2.21. The number of nitrogens with one attached hydrogen (secondary N) is 1. The van der Waals surface area contributed by atoms with E-state index in [4.69, 9.17) is 16.3 Å². The summed E-state index contributed by atoms with van der Waals surface area (Å²) in [7, 11) is 0. The lowest BCUT2D eigenvalue weighted by atomic mass is 9.96. The number of hydrogen-bond donors (Lipinski definition) is 1. The summed E-state index contributed by atoms with van der Waals surface area (Å²) in [5.41, 5.74) is 1.18. The molecule has 0 aliphatic rings. The fourth-order valence-electron chi connectivity index (χ4n) is 2.29. The fraction of sp³-hybridized carbons (Fsp3) is 0.333. The van der Waals surface area contributed by atoms with Gasteiger partial charge in [0.25, 0.3) is 5.91 Å². The summed E-state index contributed by atoms with van der Waals surface area (Å²) in [6.45, 7) is 4.14. The normalized spacial score (nSPS) is 13.1.